The summed E-state index contributed by atoms with van der Waals surface area (Å²) in [6.07, 6.45) is -2.14. The summed E-state index contributed by atoms with van der Waals surface area (Å²) in [6, 6.07) is 10.6. The van der Waals surface area contributed by atoms with Crippen molar-refractivity contribution < 1.29 is 32.3 Å². The van der Waals surface area contributed by atoms with Crippen LogP contribution in [0, 0.1) is 11.8 Å². The van der Waals surface area contributed by atoms with Gasteiger partial charge in [-0.05, 0) is 35.6 Å². The summed E-state index contributed by atoms with van der Waals surface area (Å²) >= 11 is 12.1. The number of carbonyl (C=O) groups is 4. The van der Waals surface area contributed by atoms with Crippen LogP contribution in [-0.4, -0.2) is 51.6 Å². The molecule has 3 aromatic rings. The number of rotatable bonds is 13. The van der Waals surface area contributed by atoms with Gasteiger partial charge in [0.05, 0.1) is 22.3 Å². The normalized spacial score (nSPS) is 13.6. The highest BCUT2D eigenvalue weighted by molar-refractivity contribution is 6.42. The molecule has 3 atom stereocenters. The molecule has 2 aromatic carbocycles. The van der Waals surface area contributed by atoms with Crippen LogP contribution in [0.2, 0.25) is 10.0 Å². The van der Waals surface area contributed by atoms with Crippen molar-refractivity contribution in [2.24, 2.45) is 11.8 Å². The fourth-order valence-corrected chi connectivity index (χ4v) is 4.65. The van der Waals surface area contributed by atoms with Crippen LogP contribution in [0.3, 0.4) is 0 Å². The van der Waals surface area contributed by atoms with Gasteiger partial charge in [0.2, 0.25) is 11.7 Å². The maximum atomic E-state index is 13.7. The van der Waals surface area contributed by atoms with Crippen molar-refractivity contribution in [1.82, 2.24) is 20.6 Å². The molecule has 43 heavy (non-hydrogen) atoms. The van der Waals surface area contributed by atoms with Gasteiger partial charge >= 0.3 is 6.18 Å². The predicted octanol–water partition coefficient (Wildman–Crippen LogP) is 5.21. The van der Waals surface area contributed by atoms with E-state index in [-0.39, 0.29) is 28.6 Å². The number of aromatic nitrogens is 2. The second kappa shape index (κ2) is 15.1. The molecule has 0 spiro atoms. The standard InChI is InChI=1S/C30H29Cl2F3N4O4/c1-17(2)20(27(41)30(33,34)35)15-26(40)23(13-18-6-4-3-5-7-18)38-28(42)24(14-19-8-9-21(31)22(32)12-19)39-29(43)25-16-36-10-11-37-25/h3-12,16-17,20,23-24H,13-15H2,1-2H3,(H,38,42)(H,39,43)/t20-,23-,24-/m0/s1. The Kier molecular flexibility index (Phi) is 11.8. The van der Waals surface area contributed by atoms with Crippen molar-refractivity contribution in [3.63, 3.8) is 0 Å². The molecule has 2 amide bonds. The first-order valence-electron chi connectivity index (χ1n) is 13.2. The lowest BCUT2D eigenvalue weighted by Gasteiger charge is -2.26. The number of nitrogens with one attached hydrogen (secondary N) is 2. The van der Waals surface area contributed by atoms with Crippen molar-refractivity contribution in [2.75, 3.05) is 0 Å². The van der Waals surface area contributed by atoms with Crippen LogP contribution in [0.25, 0.3) is 0 Å². The van der Waals surface area contributed by atoms with Crippen LogP contribution < -0.4 is 10.6 Å². The minimum Gasteiger partial charge on any atom is -0.344 e. The van der Waals surface area contributed by atoms with E-state index in [0.717, 1.165) is 0 Å². The van der Waals surface area contributed by atoms with E-state index in [1.165, 1.54) is 44.6 Å². The Morgan fingerprint density at radius 3 is 2.12 bits per heavy atom. The van der Waals surface area contributed by atoms with Crippen LogP contribution in [0.1, 0.15) is 41.9 Å². The highest BCUT2D eigenvalue weighted by Crippen LogP contribution is 2.28. The van der Waals surface area contributed by atoms with Crippen LogP contribution in [-0.2, 0) is 27.2 Å². The molecule has 0 unspecified atom stereocenters. The molecule has 0 saturated heterocycles. The minimum absolute atomic E-state index is 0.0615. The average Bonchev–Trinajstić information content (AvgIpc) is 2.96. The van der Waals surface area contributed by atoms with Gasteiger partial charge in [-0.3, -0.25) is 24.2 Å². The van der Waals surface area contributed by atoms with E-state index in [4.69, 9.17) is 23.2 Å². The Hall–Kier alpha value is -3.83. The van der Waals surface area contributed by atoms with Gasteiger partial charge in [-0.25, -0.2) is 4.98 Å². The van der Waals surface area contributed by atoms with Gasteiger partial charge in [0.25, 0.3) is 5.91 Å². The Morgan fingerprint density at radius 2 is 1.53 bits per heavy atom. The molecular weight excluding hydrogens is 608 g/mol. The molecule has 0 fully saturated rings. The van der Waals surface area contributed by atoms with E-state index >= 15 is 0 Å². The third kappa shape index (κ3) is 9.86. The Bertz CT molecular complexity index is 1440. The fourth-order valence-electron chi connectivity index (χ4n) is 4.33. The highest BCUT2D eigenvalue weighted by Gasteiger charge is 2.45. The first-order chi connectivity index (χ1) is 20.3. The Labute approximate surface area is 256 Å². The molecule has 1 heterocycles. The molecule has 3 rings (SSSR count). The second-order valence-electron chi connectivity index (χ2n) is 10.2. The highest BCUT2D eigenvalue weighted by atomic mass is 35.5. The SMILES string of the molecule is CC(C)[C@H](CC(=O)[C@H](Cc1ccccc1)NC(=O)[C@H](Cc1ccc(Cl)c(Cl)c1)NC(=O)c1cnccn1)C(=O)C(F)(F)F. The Balaban J connectivity index is 1.92. The lowest BCUT2D eigenvalue weighted by Crippen LogP contribution is -2.53. The smallest absolute Gasteiger partial charge is 0.344 e. The Morgan fingerprint density at radius 1 is 0.860 bits per heavy atom. The molecule has 2 N–H and O–H groups in total. The monoisotopic (exact) mass is 636 g/mol. The van der Waals surface area contributed by atoms with E-state index in [0.29, 0.717) is 11.1 Å². The molecule has 228 valence electrons. The number of halogens is 5. The molecule has 8 nitrogen and oxygen atoms in total. The van der Waals surface area contributed by atoms with E-state index in [9.17, 15) is 32.3 Å². The molecule has 0 saturated carbocycles. The number of nitrogens with zero attached hydrogens (tertiary/aromatic N) is 2. The molecule has 0 aliphatic rings. The lowest BCUT2D eigenvalue weighted by molar-refractivity contribution is -0.177. The van der Waals surface area contributed by atoms with E-state index in [1.807, 2.05) is 0 Å². The second-order valence-corrected chi connectivity index (χ2v) is 11.0. The summed E-state index contributed by atoms with van der Waals surface area (Å²) in [6.45, 7) is 2.84. The van der Waals surface area contributed by atoms with Crippen LogP contribution in [0.5, 0.6) is 0 Å². The van der Waals surface area contributed by atoms with Crippen LogP contribution in [0.4, 0.5) is 13.2 Å². The van der Waals surface area contributed by atoms with Gasteiger partial charge in [-0.2, -0.15) is 13.2 Å². The number of alkyl halides is 3. The van der Waals surface area contributed by atoms with Gasteiger partial charge in [-0.1, -0.05) is 73.4 Å². The first kappa shape index (κ1) is 33.7. The van der Waals surface area contributed by atoms with Crippen molar-refractivity contribution >= 4 is 46.6 Å². The zero-order valence-corrected chi connectivity index (χ0v) is 24.7. The molecule has 0 aliphatic heterocycles. The fraction of sp³-hybridized carbons (Fsp3) is 0.333. The summed E-state index contributed by atoms with van der Waals surface area (Å²) in [5.74, 6) is -6.71. The third-order valence-electron chi connectivity index (χ3n) is 6.67. The van der Waals surface area contributed by atoms with E-state index in [2.05, 4.69) is 20.6 Å². The molecule has 1 aromatic heterocycles. The first-order valence-corrected chi connectivity index (χ1v) is 14.0. The average molecular weight is 637 g/mol. The van der Waals surface area contributed by atoms with Gasteiger partial charge in [-0.15, -0.1) is 0 Å². The zero-order valence-electron chi connectivity index (χ0n) is 23.2. The molecular formula is C30H29Cl2F3N4O4. The number of ketones is 2. The van der Waals surface area contributed by atoms with Gasteiger partial charge < -0.3 is 10.6 Å². The molecule has 0 radical (unpaired) electrons. The summed E-state index contributed by atoms with van der Waals surface area (Å²) in [5.41, 5.74) is 1.07. The summed E-state index contributed by atoms with van der Waals surface area (Å²) in [4.78, 5) is 59.9. The van der Waals surface area contributed by atoms with Gasteiger partial charge in [0.15, 0.2) is 5.78 Å². The van der Waals surface area contributed by atoms with Crippen LogP contribution >= 0.6 is 23.2 Å². The maximum Gasteiger partial charge on any atom is 0.450 e. The number of hydrogen-bond acceptors (Lipinski definition) is 6. The third-order valence-corrected chi connectivity index (χ3v) is 7.41. The van der Waals surface area contributed by atoms with Crippen molar-refractivity contribution in [3.05, 3.63) is 94.0 Å². The maximum absolute atomic E-state index is 13.7. The quantitative estimate of drug-likeness (QED) is 0.266. The predicted molar refractivity (Wildman–Crippen MR) is 155 cm³/mol. The van der Waals surface area contributed by atoms with Crippen molar-refractivity contribution in [1.29, 1.82) is 0 Å². The van der Waals surface area contributed by atoms with Gasteiger partial charge in [0, 0.05) is 31.2 Å². The summed E-state index contributed by atoms with van der Waals surface area (Å²) in [7, 11) is 0. The zero-order chi connectivity index (χ0) is 31.7. The van der Waals surface area contributed by atoms with Gasteiger partial charge in [0.1, 0.15) is 11.7 Å². The number of carbonyl (C=O) groups excluding carboxylic acids is 4. The van der Waals surface area contributed by atoms with E-state index in [1.54, 1.807) is 36.4 Å². The lowest BCUT2D eigenvalue weighted by atomic mass is 9.84. The number of hydrogen-bond donors (Lipinski definition) is 2. The summed E-state index contributed by atoms with van der Waals surface area (Å²) < 4.78 is 39.9. The molecule has 0 bridgehead atoms. The molecule has 0 aliphatic carbocycles. The largest absolute Gasteiger partial charge is 0.450 e. The van der Waals surface area contributed by atoms with Crippen molar-refractivity contribution in [3.8, 4) is 0 Å². The molecule has 13 heteroatoms. The number of amides is 2. The van der Waals surface area contributed by atoms with Crippen LogP contribution in [0.15, 0.2) is 67.1 Å². The van der Waals surface area contributed by atoms with E-state index < -0.39 is 59.9 Å². The van der Waals surface area contributed by atoms with Crippen molar-refractivity contribution in [2.45, 2.75) is 51.4 Å². The number of Topliss-reactive ketones (excluding diaryl/α,β-unsaturated/α-hetero) is 2. The summed E-state index contributed by atoms with van der Waals surface area (Å²) in [5, 5.41) is 5.66. The topological polar surface area (TPSA) is 118 Å². The number of benzene rings is 2. The minimum atomic E-state index is -5.12.